The van der Waals surface area contributed by atoms with Gasteiger partial charge in [-0.2, -0.15) is 5.10 Å². The first kappa shape index (κ1) is 11.2. The van der Waals surface area contributed by atoms with Gasteiger partial charge in [-0.3, -0.25) is 9.89 Å². The second kappa shape index (κ2) is 4.28. The molecule has 1 aromatic heterocycles. The highest BCUT2D eigenvalue weighted by molar-refractivity contribution is 5.95. The van der Waals surface area contributed by atoms with E-state index in [2.05, 4.69) is 24.0 Å². The number of aromatic amines is 1. The molecule has 1 fully saturated rings. The van der Waals surface area contributed by atoms with Crippen molar-refractivity contribution in [2.24, 2.45) is 5.92 Å². The zero-order chi connectivity index (χ0) is 11.7. The Labute approximate surface area is 96.0 Å². The highest BCUT2D eigenvalue weighted by Crippen LogP contribution is 2.30. The molecule has 1 N–H and O–H groups in total. The van der Waals surface area contributed by atoms with Crippen LogP contribution in [-0.2, 0) is 0 Å². The Morgan fingerprint density at radius 1 is 1.62 bits per heavy atom. The van der Waals surface area contributed by atoms with Gasteiger partial charge in [0.25, 0.3) is 5.91 Å². The molecule has 1 aliphatic carbocycles. The molecule has 0 aliphatic heterocycles. The molecule has 0 spiro atoms. The largest absolute Gasteiger partial charge is 0.336 e. The summed E-state index contributed by atoms with van der Waals surface area (Å²) in [5.74, 6) is 0.826. The first-order valence-corrected chi connectivity index (χ1v) is 5.90. The molecule has 1 aromatic rings. The van der Waals surface area contributed by atoms with Crippen molar-refractivity contribution in [3.63, 3.8) is 0 Å². The van der Waals surface area contributed by atoms with Crippen LogP contribution in [0.5, 0.6) is 0 Å². The summed E-state index contributed by atoms with van der Waals surface area (Å²) in [7, 11) is 0. The van der Waals surface area contributed by atoms with Gasteiger partial charge in [-0.05, 0) is 39.5 Å². The van der Waals surface area contributed by atoms with E-state index in [1.807, 2.05) is 11.8 Å². The molecular formula is C12H19N3O. The lowest BCUT2D eigenvalue weighted by Crippen LogP contribution is -2.38. The van der Waals surface area contributed by atoms with Crippen LogP contribution in [0.1, 0.15) is 42.7 Å². The Kier molecular flexibility index (Phi) is 2.99. The second-order valence-electron chi connectivity index (χ2n) is 4.90. The van der Waals surface area contributed by atoms with Crippen LogP contribution in [0.4, 0.5) is 0 Å². The van der Waals surface area contributed by atoms with E-state index in [4.69, 9.17) is 0 Å². The van der Waals surface area contributed by atoms with Crippen molar-refractivity contribution in [1.82, 2.24) is 15.1 Å². The summed E-state index contributed by atoms with van der Waals surface area (Å²) >= 11 is 0. The average Bonchev–Trinajstić information content (AvgIpc) is 2.95. The molecule has 1 aliphatic rings. The highest BCUT2D eigenvalue weighted by atomic mass is 16.2. The third-order valence-corrected chi connectivity index (χ3v) is 3.10. The lowest BCUT2D eigenvalue weighted by Gasteiger charge is -2.26. The molecular weight excluding hydrogens is 202 g/mol. The fraction of sp³-hybridized carbons (Fsp3) is 0.667. The number of amides is 1. The molecule has 16 heavy (non-hydrogen) atoms. The number of hydrogen-bond acceptors (Lipinski definition) is 2. The third-order valence-electron chi connectivity index (χ3n) is 3.10. The Morgan fingerprint density at radius 2 is 2.31 bits per heavy atom. The van der Waals surface area contributed by atoms with Crippen molar-refractivity contribution in [1.29, 1.82) is 0 Å². The van der Waals surface area contributed by atoms with E-state index in [0.29, 0.717) is 5.56 Å². The van der Waals surface area contributed by atoms with Crippen LogP contribution >= 0.6 is 0 Å². The fourth-order valence-electron chi connectivity index (χ4n) is 1.83. The van der Waals surface area contributed by atoms with Crippen LogP contribution in [0.15, 0.2) is 6.20 Å². The topological polar surface area (TPSA) is 49.0 Å². The standard InChI is InChI=1S/C12H19N3O/c1-8(2)15(7-10-4-5-10)12(16)11-6-13-14-9(11)3/h6,8,10H,4-5,7H2,1-3H3,(H,13,14). The third kappa shape index (κ3) is 2.26. The van der Waals surface area contributed by atoms with Crippen molar-refractivity contribution in [2.45, 2.75) is 39.7 Å². The predicted octanol–water partition coefficient (Wildman–Crippen LogP) is 1.98. The van der Waals surface area contributed by atoms with E-state index in [1.54, 1.807) is 6.20 Å². The first-order valence-electron chi connectivity index (χ1n) is 5.90. The maximum Gasteiger partial charge on any atom is 0.257 e. The number of H-pyrrole nitrogens is 1. The lowest BCUT2D eigenvalue weighted by molar-refractivity contribution is 0.0695. The Hall–Kier alpha value is -1.32. The molecule has 0 atom stereocenters. The summed E-state index contributed by atoms with van der Waals surface area (Å²) in [6.45, 7) is 6.91. The molecule has 0 unspecified atom stereocenters. The molecule has 88 valence electrons. The van der Waals surface area contributed by atoms with Crippen molar-refractivity contribution >= 4 is 5.91 Å². The van der Waals surface area contributed by atoms with E-state index in [0.717, 1.165) is 18.2 Å². The number of carbonyl (C=O) groups excluding carboxylic acids is 1. The molecule has 2 rings (SSSR count). The number of nitrogens with zero attached hydrogens (tertiary/aromatic N) is 2. The second-order valence-corrected chi connectivity index (χ2v) is 4.90. The van der Waals surface area contributed by atoms with Gasteiger partial charge in [0.15, 0.2) is 0 Å². The van der Waals surface area contributed by atoms with E-state index in [-0.39, 0.29) is 11.9 Å². The minimum atomic E-state index is 0.105. The number of rotatable bonds is 4. The SMILES string of the molecule is Cc1[nH]ncc1C(=O)N(CC1CC1)C(C)C. The van der Waals surface area contributed by atoms with Crippen molar-refractivity contribution in [3.05, 3.63) is 17.5 Å². The van der Waals surface area contributed by atoms with Crippen LogP contribution in [0.2, 0.25) is 0 Å². The summed E-state index contributed by atoms with van der Waals surface area (Å²) < 4.78 is 0. The van der Waals surface area contributed by atoms with Crippen LogP contribution in [0.25, 0.3) is 0 Å². The maximum absolute atomic E-state index is 12.3. The van der Waals surface area contributed by atoms with E-state index < -0.39 is 0 Å². The summed E-state index contributed by atoms with van der Waals surface area (Å²) in [5.41, 5.74) is 1.56. The van der Waals surface area contributed by atoms with Crippen LogP contribution < -0.4 is 0 Å². The molecule has 0 saturated heterocycles. The van der Waals surface area contributed by atoms with Crippen molar-refractivity contribution < 1.29 is 4.79 Å². The average molecular weight is 221 g/mol. The van der Waals surface area contributed by atoms with Gasteiger partial charge in [0.1, 0.15) is 0 Å². The summed E-state index contributed by atoms with van der Waals surface area (Å²) in [5, 5.41) is 6.72. The number of aromatic nitrogens is 2. The molecule has 1 heterocycles. The van der Waals surface area contributed by atoms with Crippen LogP contribution in [0.3, 0.4) is 0 Å². The Bertz CT molecular complexity index is 379. The van der Waals surface area contributed by atoms with Gasteiger partial charge in [-0.25, -0.2) is 0 Å². The zero-order valence-electron chi connectivity index (χ0n) is 10.2. The lowest BCUT2D eigenvalue weighted by atomic mass is 10.2. The van der Waals surface area contributed by atoms with E-state index >= 15 is 0 Å². The van der Waals surface area contributed by atoms with Crippen LogP contribution in [0, 0.1) is 12.8 Å². The van der Waals surface area contributed by atoms with Gasteiger partial charge >= 0.3 is 0 Å². The van der Waals surface area contributed by atoms with Crippen molar-refractivity contribution in [2.75, 3.05) is 6.54 Å². The number of aryl methyl sites for hydroxylation is 1. The Balaban J connectivity index is 2.13. The maximum atomic E-state index is 12.3. The first-order chi connectivity index (χ1) is 7.59. The van der Waals surface area contributed by atoms with Gasteiger partial charge in [-0.1, -0.05) is 0 Å². The van der Waals surface area contributed by atoms with Crippen molar-refractivity contribution in [3.8, 4) is 0 Å². The number of nitrogens with one attached hydrogen (secondary N) is 1. The normalized spacial score (nSPS) is 15.5. The fourth-order valence-corrected chi connectivity index (χ4v) is 1.83. The van der Waals surface area contributed by atoms with Gasteiger partial charge in [0, 0.05) is 18.3 Å². The van der Waals surface area contributed by atoms with Gasteiger partial charge in [-0.15, -0.1) is 0 Å². The summed E-state index contributed by atoms with van der Waals surface area (Å²) in [4.78, 5) is 14.3. The minimum absolute atomic E-state index is 0.105. The molecule has 0 radical (unpaired) electrons. The molecule has 1 amide bonds. The zero-order valence-corrected chi connectivity index (χ0v) is 10.2. The summed E-state index contributed by atoms with van der Waals surface area (Å²) in [6, 6.07) is 0.252. The van der Waals surface area contributed by atoms with E-state index in [1.165, 1.54) is 12.8 Å². The predicted molar refractivity (Wildman–Crippen MR) is 62.2 cm³/mol. The highest BCUT2D eigenvalue weighted by Gasteiger charge is 2.29. The number of hydrogen-bond donors (Lipinski definition) is 1. The monoisotopic (exact) mass is 221 g/mol. The molecule has 0 bridgehead atoms. The smallest absolute Gasteiger partial charge is 0.257 e. The summed E-state index contributed by atoms with van der Waals surface area (Å²) in [6.07, 6.45) is 4.15. The Morgan fingerprint density at radius 3 is 2.75 bits per heavy atom. The molecule has 0 aromatic carbocycles. The molecule has 1 saturated carbocycles. The molecule has 4 nitrogen and oxygen atoms in total. The van der Waals surface area contributed by atoms with Crippen LogP contribution in [-0.4, -0.2) is 33.6 Å². The van der Waals surface area contributed by atoms with Gasteiger partial charge < -0.3 is 4.90 Å². The minimum Gasteiger partial charge on any atom is -0.336 e. The van der Waals surface area contributed by atoms with E-state index in [9.17, 15) is 4.79 Å². The quantitative estimate of drug-likeness (QED) is 0.845. The van der Waals surface area contributed by atoms with Gasteiger partial charge in [0.2, 0.25) is 0 Å². The number of carbonyl (C=O) groups is 1. The van der Waals surface area contributed by atoms with Gasteiger partial charge in [0.05, 0.1) is 11.8 Å². The molecule has 4 heteroatoms.